The lowest BCUT2D eigenvalue weighted by Crippen LogP contribution is -2.30. The van der Waals surface area contributed by atoms with Crippen molar-refractivity contribution in [2.24, 2.45) is 0 Å². The fourth-order valence-corrected chi connectivity index (χ4v) is 2.69. The van der Waals surface area contributed by atoms with Gasteiger partial charge in [0, 0.05) is 12.1 Å². The van der Waals surface area contributed by atoms with E-state index >= 15 is 0 Å². The third-order valence-corrected chi connectivity index (χ3v) is 4.09. The van der Waals surface area contributed by atoms with E-state index in [1.807, 2.05) is 0 Å². The van der Waals surface area contributed by atoms with Crippen LogP contribution in [0.4, 0.5) is 5.69 Å². The molecule has 1 aromatic rings. The van der Waals surface area contributed by atoms with E-state index in [-0.39, 0.29) is 12.5 Å². The Morgan fingerprint density at radius 2 is 1.95 bits per heavy atom. The average Bonchev–Trinajstić information content (AvgIpc) is 2.44. The Bertz CT molecular complexity index is 579. The molecule has 0 aliphatic rings. The molecule has 0 atom stereocenters. The Labute approximate surface area is 126 Å². The summed E-state index contributed by atoms with van der Waals surface area (Å²) in [5, 5.41) is 2.82. The molecule has 1 rings (SSSR count). The molecule has 0 aromatic heterocycles. The molecule has 1 N–H and O–H groups in total. The van der Waals surface area contributed by atoms with Crippen LogP contribution in [-0.4, -0.2) is 33.7 Å². The molecule has 6 heteroatoms. The smallest absolute Gasteiger partial charge is 0.251 e. The fraction of sp³-hybridized carbons (Fsp3) is 0.400. The highest BCUT2D eigenvalue weighted by Crippen LogP contribution is 2.18. The van der Waals surface area contributed by atoms with Crippen LogP contribution in [0.5, 0.6) is 0 Å². The van der Waals surface area contributed by atoms with Crippen molar-refractivity contribution in [3.8, 4) is 0 Å². The first-order valence-electron chi connectivity index (χ1n) is 6.87. The van der Waals surface area contributed by atoms with Gasteiger partial charge in [0.25, 0.3) is 5.91 Å². The van der Waals surface area contributed by atoms with Gasteiger partial charge in [-0.15, -0.1) is 6.58 Å². The number of hydrogen-bond acceptors (Lipinski definition) is 3. The topological polar surface area (TPSA) is 66.5 Å². The number of sulfonamides is 1. The zero-order valence-electron chi connectivity index (χ0n) is 12.5. The number of carbonyl (C=O) groups is 1. The van der Waals surface area contributed by atoms with Crippen molar-refractivity contribution in [2.45, 2.75) is 19.8 Å². The number of nitrogens with one attached hydrogen (secondary N) is 1. The largest absolute Gasteiger partial charge is 0.352 e. The molecular formula is C15H22N2O3S. The molecule has 0 fully saturated rings. The van der Waals surface area contributed by atoms with E-state index in [9.17, 15) is 13.2 Å². The molecule has 0 saturated carbocycles. The van der Waals surface area contributed by atoms with Gasteiger partial charge in [0.1, 0.15) is 0 Å². The fourth-order valence-electron chi connectivity index (χ4n) is 1.81. The van der Waals surface area contributed by atoms with E-state index in [2.05, 4.69) is 18.8 Å². The van der Waals surface area contributed by atoms with E-state index in [0.29, 0.717) is 17.8 Å². The highest BCUT2D eigenvalue weighted by molar-refractivity contribution is 7.92. The van der Waals surface area contributed by atoms with Gasteiger partial charge in [-0.25, -0.2) is 8.42 Å². The summed E-state index contributed by atoms with van der Waals surface area (Å²) in [5.74, 6) is -0.148. The summed E-state index contributed by atoms with van der Waals surface area (Å²) in [6.45, 7) is 6.45. The number of amides is 1. The van der Waals surface area contributed by atoms with E-state index in [0.717, 1.165) is 19.1 Å². The molecule has 5 nitrogen and oxygen atoms in total. The summed E-state index contributed by atoms with van der Waals surface area (Å²) in [6, 6.07) is 6.49. The molecule has 116 valence electrons. The molecule has 1 aromatic carbocycles. The normalized spacial score (nSPS) is 11.0. The number of nitrogens with zero attached hydrogens (tertiary/aromatic N) is 1. The molecule has 0 spiro atoms. The van der Waals surface area contributed by atoms with Gasteiger partial charge in [0.15, 0.2) is 0 Å². The van der Waals surface area contributed by atoms with Gasteiger partial charge in [-0.3, -0.25) is 9.10 Å². The Kier molecular flexibility index (Phi) is 6.42. The van der Waals surface area contributed by atoms with Gasteiger partial charge in [0.2, 0.25) is 10.0 Å². The van der Waals surface area contributed by atoms with Crippen molar-refractivity contribution in [3.05, 3.63) is 42.5 Å². The van der Waals surface area contributed by atoms with Crippen LogP contribution >= 0.6 is 0 Å². The van der Waals surface area contributed by atoms with Crippen LogP contribution in [-0.2, 0) is 10.0 Å². The van der Waals surface area contributed by atoms with Crippen LogP contribution in [0.25, 0.3) is 0 Å². The second kappa shape index (κ2) is 7.83. The monoisotopic (exact) mass is 310 g/mol. The summed E-state index contributed by atoms with van der Waals surface area (Å²) in [4.78, 5) is 11.9. The zero-order valence-corrected chi connectivity index (χ0v) is 13.3. The predicted octanol–water partition coefficient (Wildman–Crippen LogP) is 2.17. The summed E-state index contributed by atoms with van der Waals surface area (Å²) in [6.07, 6.45) is 4.61. The number of hydrogen-bond donors (Lipinski definition) is 1. The Morgan fingerprint density at radius 3 is 2.43 bits per heavy atom. The van der Waals surface area contributed by atoms with Gasteiger partial charge >= 0.3 is 0 Å². The van der Waals surface area contributed by atoms with Crippen molar-refractivity contribution in [1.82, 2.24) is 5.32 Å². The molecular weight excluding hydrogens is 288 g/mol. The van der Waals surface area contributed by atoms with Gasteiger partial charge in [-0.2, -0.15) is 0 Å². The zero-order chi connectivity index (χ0) is 15.9. The van der Waals surface area contributed by atoms with Crippen LogP contribution in [0.15, 0.2) is 36.9 Å². The van der Waals surface area contributed by atoms with Crippen LogP contribution in [0.3, 0.4) is 0 Å². The average molecular weight is 310 g/mol. The van der Waals surface area contributed by atoms with Crippen molar-refractivity contribution < 1.29 is 13.2 Å². The second-order valence-corrected chi connectivity index (χ2v) is 6.65. The molecule has 0 aliphatic carbocycles. The maximum Gasteiger partial charge on any atom is 0.251 e. The third-order valence-electron chi connectivity index (χ3n) is 2.93. The Morgan fingerprint density at radius 1 is 1.33 bits per heavy atom. The summed E-state index contributed by atoms with van der Waals surface area (Å²) in [7, 11) is -3.37. The molecule has 21 heavy (non-hydrogen) atoms. The van der Waals surface area contributed by atoms with E-state index in [1.165, 1.54) is 10.4 Å². The molecule has 0 unspecified atom stereocenters. The second-order valence-electron chi connectivity index (χ2n) is 4.74. The minimum absolute atomic E-state index is 0.148. The minimum Gasteiger partial charge on any atom is -0.352 e. The first-order chi connectivity index (χ1) is 9.90. The maximum atomic E-state index is 11.9. The quantitative estimate of drug-likeness (QED) is 0.591. The Balaban J connectivity index is 2.85. The van der Waals surface area contributed by atoms with E-state index in [4.69, 9.17) is 0 Å². The van der Waals surface area contributed by atoms with E-state index in [1.54, 1.807) is 24.3 Å². The Hall–Kier alpha value is -1.82. The van der Waals surface area contributed by atoms with Gasteiger partial charge in [0.05, 0.1) is 18.5 Å². The van der Waals surface area contributed by atoms with Crippen molar-refractivity contribution in [2.75, 3.05) is 23.7 Å². The van der Waals surface area contributed by atoms with Crippen molar-refractivity contribution in [1.29, 1.82) is 0 Å². The lowest BCUT2D eigenvalue weighted by molar-refractivity contribution is 0.0953. The van der Waals surface area contributed by atoms with Gasteiger partial charge in [-0.05, 0) is 30.7 Å². The van der Waals surface area contributed by atoms with Crippen LogP contribution in [0.2, 0.25) is 0 Å². The van der Waals surface area contributed by atoms with Crippen molar-refractivity contribution in [3.63, 3.8) is 0 Å². The highest BCUT2D eigenvalue weighted by Gasteiger charge is 2.16. The SMILES string of the molecule is C=CCN(c1ccc(C(=O)NCCCC)cc1)S(C)(=O)=O. The third kappa shape index (κ3) is 5.23. The van der Waals surface area contributed by atoms with E-state index < -0.39 is 10.0 Å². The predicted molar refractivity (Wildman–Crippen MR) is 86.1 cm³/mol. The summed E-state index contributed by atoms with van der Waals surface area (Å²) >= 11 is 0. The molecule has 0 saturated heterocycles. The van der Waals surface area contributed by atoms with Gasteiger partial charge < -0.3 is 5.32 Å². The standard InChI is InChI=1S/C15H22N2O3S/c1-4-6-11-16-15(18)13-7-9-14(10-8-13)17(12-5-2)21(3,19)20/h5,7-10H,2,4,6,11-12H2,1,3H3,(H,16,18). The number of rotatable bonds is 8. The summed E-state index contributed by atoms with van der Waals surface area (Å²) < 4.78 is 24.7. The maximum absolute atomic E-state index is 11.9. The highest BCUT2D eigenvalue weighted by atomic mass is 32.2. The van der Waals surface area contributed by atoms with Crippen LogP contribution in [0.1, 0.15) is 30.1 Å². The minimum atomic E-state index is -3.37. The lowest BCUT2D eigenvalue weighted by atomic mass is 10.2. The van der Waals surface area contributed by atoms with Gasteiger partial charge in [-0.1, -0.05) is 19.4 Å². The number of unbranched alkanes of at least 4 members (excludes halogenated alkanes) is 1. The number of carbonyl (C=O) groups excluding carboxylic acids is 1. The van der Waals surface area contributed by atoms with Crippen LogP contribution < -0.4 is 9.62 Å². The molecule has 1 amide bonds. The first kappa shape index (κ1) is 17.2. The lowest BCUT2D eigenvalue weighted by Gasteiger charge is -2.20. The number of anilines is 1. The molecule has 0 radical (unpaired) electrons. The first-order valence-corrected chi connectivity index (χ1v) is 8.71. The van der Waals surface area contributed by atoms with Crippen LogP contribution in [0, 0.1) is 0 Å². The summed E-state index contributed by atoms with van der Waals surface area (Å²) in [5.41, 5.74) is 1.03. The molecule has 0 bridgehead atoms. The molecule has 0 aliphatic heterocycles. The molecule has 0 heterocycles. The van der Waals surface area contributed by atoms with Crippen molar-refractivity contribution >= 4 is 21.6 Å². The number of benzene rings is 1.